The van der Waals surface area contributed by atoms with Gasteiger partial charge in [0.25, 0.3) is 0 Å². The molecule has 0 spiro atoms. The number of nitrogens with zero attached hydrogens (tertiary/aromatic N) is 1. The molecular formula is C18H21NO5. The summed E-state index contributed by atoms with van der Waals surface area (Å²) in [5, 5.41) is 18.8. The average molecular weight is 331 g/mol. The summed E-state index contributed by atoms with van der Waals surface area (Å²) >= 11 is 0. The van der Waals surface area contributed by atoms with Crippen molar-refractivity contribution in [2.24, 2.45) is 10.8 Å². The predicted molar refractivity (Wildman–Crippen MR) is 85.5 cm³/mol. The van der Waals surface area contributed by atoms with Gasteiger partial charge < -0.3 is 15.1 Å². The molecule has 0 radical (unpaired) electrons. The number of rotatable bonds is 6. The van der Waals surface area contributed by atoms with Crippen molar-refractivity contribution in [3.63, 3.8) is 0 Å². The molecule has 1 aliphatic heterocycles. The number of piperidine rings is 1. The van der Waals surface area contributed by atoms with Crippen LogP contribution in [-0.4, -0.2) is 46.0 Å². The van der Waals surface area contributed by atoms with E-state index in [1.807, 2.05) is 24.3 Å². The highest BCUT2D eigenvalue weighted by molar-refractivity contribution is 5.96. The minimum absolute atomic E-state index is 0.00222. The van der Waals surface area contributed by atoms with E-state index in [4.69, 9.17) is 0 Å². The maximum absolute atomic E-state index is 12.4. The predicted octanol–water partition coefficient (Wildman–Crippen LogP) is 1.57. The Morgan fingerprint density at radius 2 is 1.50 bits per heavy atom. The van der Waals surface area contributed by atoms with Gasteiger partial charge in [-0.05, 0) is 30.4 Å². The molecule has 1 aromatic carbocycles. The smallest absolute Gasteiger partial charge is 0.312 e. The molecule has 0 unspecified atom stereocenters. The molecule has 0 bridgehead atoms. The molecule has 1 saturated carbocycles. The number of benzene rings is 1. The van der Waals surface area contributed by atoms with Crippen LogP contribution in [-0.2, 0) is 27.2 Å². The van der Waals surface area contributed by atoms with E-state index in [1.54, 1.807) is 0 Å². The third-order valence-electron chi connectivity index (χ3n) is 5.55. The Morgan fingerprint density at radius 3 is 1.96 bits per heavy atom. The zero-order valence-corrected chi connectivity index (χ0v) is 13.6. The van der Waals surface area contributed by atoms with E-state index >= 15 is 0 Å². The first-order valence-corrected chi connectivity index (χ1v) is 8.17. The number of carbonyl (C=O) groups is 3. The quantitative estimate of drug-likeness (QED) is 0.825. The van der Waals surface area contributed by atoms with Crippen LogP contribution in [0, 0.1) is 10.8 Å². The Hall–Kier alpha value is -2.37. The Morgan fingerprint density at radius 1 is 1.00 bits per heavy atom. The SMILES string of the molecule is CCc1ccc(CCC(=O)N2C[C@@]3(C(=O)O)C[C@@]3(C(=O)O)C2)cc1. The second-order valence-electron chi connectivity index (χ2n) is 6.87. The first-order chi connectivity index (χ1) is 11.3. The van der Waals surface area contributed by atoms with Gasteiger partial charge in [-0.3, -0.25) is 14.4 Å². The lowest BCUT2D eigenvalue weighted by molar-refractivity contribution is -0.151. The Kier molecular flexibility index (Phi) is 3.86. The van der Waals surface area contributed by atoms with E-state index in [-0.39, 0.29) is 31.8 Å². The first kappa shape index (κ1) is 16.5. The van der Waals surface area contributed by atoms with Gasteiger partial charge in [-0.1, -0.05) is 31.2 Å². The van der Waals surface area contributed by atoms with Crippen LogP contribution >= 0.6 is 0 Å². The van der Waals surface area contributed by atoms with Crippen molar-refractivity contribution in [3.8, 4) is 0 Å². The third-order valence-corrected chi connectivity index (χ3v) is 5.55. The topological polar surface area (TPSA) is 94.9 Å². The van der Waals surface area contributed by atoms with Gasteiger partial charge in [0.05, 0.1) is 0 Å². The monoisotopic (exact) mass is 331 g/mol. The van der Waals surface area contributed by atoms with Crippen LogP contribution in [0.25, 0.3) is 0 Å². The molecule has 1 amide bonds. The average Bonchev–Trinajstić information content (AvgIpc) is 3.11. The molecule has 2 atom stereocenters. The van der Waals surface area contributed by atoms with Crippen LogP contribution in [0.15, 0.2) is 24.3 Å². The largest absolute Gasteiger partial charge is 0.481 e. The van der Waals surface area contributed by atoms with Crippen LogP contribution < -0.4 is 0 Å². The van der Waals surface area contributed by atoms with Gasteiger partial charge in [-0.2, -0.15) is 0 Å². The lowest BCUT2D eigenvalue weighted by atomic mass is 9.97. The maximum Gasteiger partial charge on any atom is 0.312 e. The number of carboxylic acids is 2. The fourth-order valence-corrected chi connectivity index (χ4v) is 3.82. The van der Waals surface area contributed by atoms with Crippen molar-refractivity contribution in [2.45, 2.75) is 32.6 Å². The summed E-state index contributed by atoms with van der Waals surface area (Å²) in [4.78, 5) is 36.7. The Balaban J connectivity index is 1.62. The first-order valence-electron chi connectivity index (χ1n) is 8.17. The highest BCUT2D eigenvalue weighted by atomic mass is 16.4. The summed E-state index contributed by atoms with van der Waals surface area (Å²) in [5.41, 5.74) is -0.309. The molecule has 1 heterocycles. The molecule has 2 fully saturated rings. The summed E-state index contributed by atoms with van der Waals surface area (Å²) in [6, 6.07) is 8.05. The van der Waals surface area contributed by atoms with Crippen molar-refractivity contribution < 1.29 is 24.6 Å². The minimum Gasteiger partial charge on any atom is -0.481 e. The fourth-order valence-electron chi connectivity index (χ4n) is 3.82. The van der Waals surface area contributed by atoms with Gasteiger partial charge in [0.2, 0.25) is 5.91 Å². The number of hydrogen-bond acceptors (Lipinski definition) is 3. The van der Waals surface area contributed by atoms with Crippen molar-refractivity contribution in [1.82, 2.24) is 4.90 Å². The summed E-state index contributed by atoms with van der Waals surface area (Å²) in [5.74, 6) is -2.41. The molecule has 6 heteroatoms. The van der Waals surface area contributed by atoms with Gasteiger partial charge in [0.15, 0.2) is 0 Å². The number of hydrogen-bond donors (Lipinski definition) is 2. The summed E-state index contributed by atoms with van der Waals surface area (Å²) < 4.78 is 0. The standard InChI is InChI=1S/C18H21NO5/c1-2-12-3-5-13(6-4-12)7-8-14(20)19-10-17(15(21)22)9-18(17,11-19)16(23)24/h3-6H,2,7-11H2,1H3,(H,21,22)(H,23,24)/t17-,18+. The van der Waals surface area contributed by atoms with Crippen LogP contribution in [0.4, 0.5) is 0 Å². The summed E-state index contributed by atoms with van der Waals surface area (Å²) in [6.07, 6.45) is 1.91. The van der Waals surface area contributed by atoms with Gasteiger partial charge in [-0.15, -0.1) is 0 Å². The number of carboxylic acid groups (broad SMARTS) is 2. The molecule has 2 N–H and O–H groups in total. The molecule has 0 aromatic heterocycles. The van der Waals surface area contributed by atoms with Crippen LogP contribution in [0.3, 0.4) is 0 Å². The van der Waals surface area contributed by atoms with Crippen LogP contribution in [0.5, 0.6) is 0 Å². The molecule has 1 saturated heterocycles. The number of aliphatic carboxylic acids is 2. The molecule has 2 aliphatic rings. The second kappa shape index (κ2) is 5.61. The molecule has 1 aromatic rings. The third kappa shape index (κ3) is 2.37. The number of carbonyl (C=O) groups excluding carboxylic acids is 1. The number of likely N-dealkylation sites (tertiary alicyclic amines) is 1. The van der Waals surface area contributed by atoms with Crippen molar-refractivity contribution >= 4 is 17.8 Å². The fraction of sp³-hybridized carbons (Fsp3) is 0.500. The van der Waals surface area contributed by atoms with Gasteiger partial charge in [0.1, 0.15) is 10.8 Å². The normalized spacial score (nSPS) is 27.6. The molecule has 128 valence electrons. The van der Waals surface area contributed by atoms with Gasteiger partial charge in [-0.25, -0.2) is 0 Å². The van der Waals surface area contributed by atoms with Crippen LogP contribution in [0.1, 0.15) is 30.9 Å². The lowest BCUT2D eigenvalue weighted by Gasteiger charge is -2.20. The minimum atomic E-state index is -1.29. The number of amides is 1. The van der Waals surface area contributed by atoms with Crippen LogP contribution in [0.2, 0.25) is 0 Å². The number of aryl methyl sites for hydroxylation is 2. The molecular weight excluding hydrogens is 310 g/mol. The number of fused-ring (bicyclic) bond motifs is 1. The highest BCUT2D eigenvalue weighted by Crippen LogP contribution is 2.68. The van der Waals surface area contributed by atoms with E-state index in [0.717, 1.165) is 12.0 Å². The van der Waals surface area contributed by atoms with E-state index in [1.165, 1.54) is 10.5 Å². The van der Waals surface area contributed by atoms with E-state index < -0.39 is 22.8 Å². The van der Waals surface area contributed by atoms with Gasteiger partial charge >= 0.3 is 11.9 Å². The van der Waals surface area contributed by atoms with Crippen molar-refractivity contribution in [3.05, 3.63) is 35.4 Å². The second-order valence-corrected chi connectivity index (χ2v) is 6.87. The Bertz CT molecular complexity index is 670. The van der Waals surface area contributed by atoms with Crippen molar-refractivity contribution in [2.75, 3.05) is 13.1 Å². The summed E-state index contributed by atoms with van der Waals surface area (Å²) in [7, 11) is 0. The maximum atomic E-state index is 12.4. The highest BCUT2D eigenvalue weighted by Gasteiger charge is 2.81. The van der Waals surface area contributed by atoms with E-state index in [2.05, 4.69) is 6.92 Å². The zero-order chi connectivity index (χ0) is 17.5. The van der Waals surface area contributed by atoms with E-state index in [0.29, 0.717) is 6.42 Å². The van der Waals surface area contributed by atoms with E-state index in [9.17, 15) is 24.6 Å². The molecule has 24 heavy (non-hydrogen) atoms. The van der Waals surface area contributed by atoms with Gasteiger partial charge in [0, 0.05) is 19.5 Å². The molecule has 1 aliphatic carbocycles. The van der Waals surface area contributed by atoms with Crippen molar-refractivity contribution in [1.29, 1.82) is 0 Å². The molecule has 3 rings (SSSR count). The zero-order valence-electron chi connectivity index (χ0n) is 13.6. The molecule has 6 nitrogen and oxygen atoms in total. The lowest BCUT2D eigenvalue weighted by Crippen LogP contribution is -2.34. The summed E-state index contributed by atoms with van der Waals surface area (Å²) in [6.45, 7) is 2.08. The Labute approximate surface area is 140 Å².